The first-order valence-corrected chi connectivity index (χ1v) is 18.2. The van der Waals surface area contributed by atoms with E-state index in [0.29, 0.717) is 5.92 Å². The fourth-order valence-corrected chi connectivity index (χ4v) is 8.25. The van der Waals surface area contributed by atoms with E-state index in [1.165, 1.54) is 71.3 Å². The Hall–Kier alpha value is -6.51. The summed E-state index contributed by atoms with van der Waals surface area (Å²) in [5, 5.41) is 7.54. The molecule has 9 aromatic rings. The first-order chi connectivity index (χ1) is 25.7. The number of para-hydroxylation sites is 2. The molecule has 0 N–H and O–H groups in total. The quantitative estimate of drug-likeness (QED) is 0.167. The topological polar surface area (TPSA) is 17.8 Å². The summed E-state index contributed by atoms with van der Waals surface area (Å²) in [4.78, 5) is 5.14. The number of hydrogen-bond acceptors (Lipinski definition) is 1. The van der Waals surface area contributed by atoms with Gasteiger partial charge in [0.15, 0.2) is 0 Å². The molecule has 10 rings (SSSR count). The molecule has 8 aromatic carbocycles. The van der Waals surface area contributed by atoms with Crippen LogP contribution < -0.4 is 0 Å². The lowest BCUT2D eigenvalue weighted by atomic mass is 9.84. The van der Waals surface area contributed by atoms with E-state index in [9.17, 15) is 0 Å². The van der Waals surface area contributed by atoms with Gasteiger partial charge in [-0.2, -0.15) is 0 Å². The van der Waals surface area contributed by atoms with Gasteiger partial charge >= 0.3 is 0 Å². The lowest BCUT2D eigenvalue weighted by molar-refractivity contribution is 0.742. The Kier molecular flexibility index (Phi) is 7.21. The second kappa shape index (κ2) is 12.4. The van der Waals surface area contributed by atoms with Gasteiger partial charge in [-0.25, -0.2) is 4.98 Å². The highest BCUT2D eigenvalue weighted by Gasteiger charge is 2.20. The average molecular weight is 665 g/mol. The van der Waals surface area contributed by atoms with Gasteiger partial charge in [-0.3, -0.25) is 4.57 Å². The van der Waals surface area contributed by atoms with E-state index >= 15 is 0 Å². The smallest absolute Gasteiger partial charge is 0.141 e. The van der Waals surface area contributed by atoms with Crippen molar-refractivity contribution in [3.63, 3.8) is 0 Å². The van der Waals surface area contributed by atoms with Crippen LogP contribution in [-0.4, -0.2) is 9.55 Å². The number of nitrogens with zero attached hydrogens (tertiary/aromatic N) is 2. The van der Waals surface area contributed by atoms with Crippen LogP contribution in [0.25, 0.3) is 88.0 Å². The zero-order chi connectivity index (χ0) is 34.6. The molecule has 1 aliphatic rings. The second-order valence-electron chi connectivity index (χ2n) is 14.0. The van der Waals surface area contributed by atoms with Crippen LogP contribution in [-0.2, 0) is 0 Å². The summed E-state index contributed by atoms with van der Waals surface area (Å²) in [6.07, 6.45) is 7.65. The van der Waals surface area contributed by atoms with Gasteiger partial charge in [0.2, 0.25) is 0 Å². The van der Waals surface area contributed by atoms with E-state index in [1.807, 2.05) is 0 Å². The monoisotopic (exact) mass is 664 g/mol. The van der Waals surface area contributed by atoms with E-state index in [0.717, 1.165) is 29.0 Å². The molecule has 2 nitrogen and oxygen atoms in total. The molecule has 1 heterocycles. The lowest BCUT2D eigenvalue weighted by Crippen LogP contribution is -2.05. The summed E-state index contributed by atoms with van der Waals surface area (Å²) in [6.45, 7) is 2.27. The Morgan fingerprint density at radius 1 is 0.519 bits per heavy atom. The van der Waals surface area contributed by atoms with Crippen molar-refractivity contribution in [3.05, 3.63) is 188 Å². The number of aromatic nitrogens is 2. The van der Waals surface area contributed by atoms with Gasteiger partial charge in [-0.05, 0) is 120 Å². The molecule has 0 saturated heterocycles. The first kappa shape index (κ1) is 30.3. The van der Waals surface area contributed by atoms with Gasteiger partial charge in [0.25, 0.3) is 0 Å². The largest absolute Gasteiger partial charge is 0.293 e. The minimum absolute atomic E-state index is 0.489. The van der Waals surface area contributed by atoms with Crippen LogP contribution in [0.2, 0.25) is 0 Å². The zero-order valence-corrected chi connectivity index (χ0v) is 29.0. The van der Waals surface area contributed by atoms with Crippen molar-refractivity contribution in [2.45, 2.75) is 13.3 Å². The Labute approximate surface area is 303 Å². The number of hydrogen-bond donors (Lipinski definition) is 0. The van der Waals surface area contributed by atoms with E-state index in [1.54, 1.807) is 0 Å². The molecule has 2 heteroatoms. The molecular formula is C50H36N2. The highest BCUT2D eigenvalue weighted by molar-refractivity contribution is 6.22. The van der Waals surface area contributed by atoms with Crippen molar-refractivity contribution in [2.75, 3.05) is 0 Å². The van der Waals surface area contributed by atoms with Crippen LogP contribution >= 0.6 is 0 Å². The standard InChI is InChI=1S/C50H36N2/c1-33-12-11-17-40(30-33)50-51-46-20-9-10-21-47(46)52(50)41-27-24-35(25-28-41)38-26-29-44-45(32-38)48(36-14-3-2-4-15-36)42-18-7-8-19-43(42)49(44)39-23-22-34-13-5-6-16-37(34)31-39/h2-29,31-33H,30H2,1H3. The molecule has 1 atom stereocenters. The van der Waals surface area contributed by atoms with Crippen LogP contribution in [0.4, 0.5) is 0 Å². The molecule has 0 radical (unpaired) electrons. The fourth-order valence-electron chi connectivity index (χ4n) is 8.25. The van der Waals surface area contributed by atoms with Gasteiger partial charge in [0.1, 0.15) is 5.82 Å². The Morgan fingerprint density at radius 2 is 1.17 bits per heavy atom. The number of allylic oxidation sites excluding steroid dienone is 4. The highest BCUT2D eigenvalue weighted by Crippen LogP contribution is 2.45. The molecule has 0 bridgehead atoms. The minimum atomic E-state index is 0.489. The van der Waals surface area contributed by atoms with Gasteiger partial charge in [-0.15, -0.1) is 0 Å². The Bertz CT molecular complexity index is 2870. The maximum atomic E-state index is 5.14. The van der Waals surface area contributed by atoms with E-state index in [4.69, 9.17) is 4.98 Å². The summed E-state index contributed by atoms with van der Waals surface area (Å²) < 4.78 is 2.33. The Morgan fingerprint density at radius 3 is 1.98 bits per heavy atom. The number of fused-ring (bicyclic) bond motifs is 4. The third kappa shape index (κ3) is 5.07. The van der Waals surface area contributed by atoms with E-state index < -0.39 is 0 Å². The average Bonchev–Trinajstić information content (AvgIpc) is 3.60. The van der Waals surface area contributed by atoms with Crippen molar-refractivity contribution in [1.29, 1.82) is 0 Å². The fraction of sp³-hybridized carbons (Fsp3) is 0.0600. The summed E-state index contributed by atoms with van der Waals surface area (Å²) >= 11 is 0. The van der Waals surface area contributed by atoms with Gasteiger partial charge < -0.3 is 0 Å². The molecule has 0 amide bonds. The third-order valence-electron chi connectivity index (χ3n) is 10.7. The van der Waals surface area contributed by atoms with Crippen molar-refractivity contribution in [2.24, 2.45) is 5.92 Å². The molecule has 0 spiro atoms. The normalized spacial score (nSPS) is 14.4. The third-order valence-corrected chi connectivity index (χ3v) is 10.7. The minimum Gasteiger partial charge on any atom is -0.293 e. The molecule has 52 heavy (non-hydrogen) atoms. The van der Waals surface area contributed by atoms with Crippen LogP contribution in [0.15, 0.2) is 182 Å². The SMILES string of the molecule is CC1C=CC=C(c2nc3ccccc3n2-c2ccc(-c3ccc4c(-c5ccc6ccccc6c5)c5ccccc5c(-c5ccccc5)c4c3)cc2)C1. The van der Waals surface area contributed by atoms with E-state index in [-0.39, 0.29) is 0 Å². The number of imidazole rings is 1. The molecule has 0 fully saturated rings. The predicted molar refractivity (Wildman–Crippen MR) is 221 cm³/mol. The predicted octanol–water partition coefficient (Wildman–Crippen LogP) is 13.5. The lowest BCUT2D eigenvalue weighted by Gasteiger charge is -2.19. The second-order valence-corrected chi connectivity index (χ2v) is 14.0. The van der Waals surface area contributed by atoms with Crippen LogP contribution in [0.1, 0.15) is 19.2 Å². The summed E-state index contributed by atoms with van der Waals surface area (Å²) in [5.74, 6) is 1.51. The zero-order valence-electron chi connectivity index (χ0n) is 29.0. The van der Waals surface area contributed by atoms with Crippen molar-refractivity contribution in [3.8, 4) is 39.1 Å². The van der Waals surface area contributed by atoms with Crippen molar-refractivity contribution >= 4 is 48.9 Å². The summed E-state index contributed by atoms with van der Waals surface area (Å²) in [6, 6.07) is 59.8. The molecular weight excluding hydrogens is 629 g/mol. The van der Waals surface area contributed by atoms with Crippen LogP contribution in [0.5, 0.6) is 0 Å². The van der Waals surface area contributed by atoms with Crippen molar-refractivity contribution < 1.29 is 0 Å². The van der Waals surface area contributed by atoms with Crippen LogP contribution in [0.3, 0.4) is 0 Å². The van der Waals surface area contributed by atoms with Gasteiger partial charge in [0, 0.05) is 5.69 Å². The highest BCUT2D eigenvalue weighted by atomic mass is 15.1. The van der Waals surface area contributed by atoms with Crippen LogP contribution in [0, 0.1) is 5.92 Å². The first-order valence-electron chi connectivity index (χ1n) is 18.2. The number of rotatable bonds is 5. The Balaban J connectivity index is 1.16. The molecule has 1 aromatic heterocycles. The summed E-state index contributed by atoms with van der Waals surface area (Å²) in [7, 11) is 0. The molecule has 1 unspecified atom stereocenters. The van der Waals surface area contributed by atoms with E-state index in [2.05, 4.69) is 194 Å². The number of benzene rings is 8. The van der Waals surface area contributed by atoms with Crippen molar-refractivity contribution in [1.82, 2.24) is 9.55 Å². The maximum absolute atomic E-state index is 5.14. The summed E-state index contributed by atoms with van der Waals surface area (Å²) in [5.41, 5.74) is 11.9. The van der Waals surface area contributed by atoms with Gasteiger partial charge in [0.05, 0.1) is 11.0 Å². The van der Waals surface area contributed by atoms with Gasteiger partial charge in [-0.1, -0.05) is 153 Å². The molecule has 1 aliphatic carbocycles. The molecule has 0 saturated carbocycles. The molecule has 246 valence electrons. The molecule has 0 aliphatic heterocycles. The maximum Gasteiger partial charge on any atom is 0.141 e.